The normalized spacial score (nSPS) is 25.1. The molecule has 1 aliphatic heterocycles. The first-order valence-corrected chi connectivity index (χ1v) is 8.15. The maximum Gasteiger partial charge on any atom is 0.0424 e. The van der Waals surface area contributed by atoms with Gasteiger partial charge in [0.1, 0.15) is 0 Å². The van der Waals surface area contributed by atoms with Crippen molar-refractivity contribution in [2.24, 2.45) is 5.73 Å². The molecule has 21 heavy (non-hydrogen) atoms. The lowest BCUT2D eigenvalue weighted by atomic mass is 9.95. The summed E-state index contributed by atoms with van der Waals surface area (Å²) in [5.41, 5.74) is 7.75. The number of rotatable bonds is 3. The van der Waals surface area contributed by atoms with Crippen LogP contribution in [0.15, 0.2) is 42.5 Å². The van der Waals surface area contributed by atoms with Gasteiger partial charge < -0.3 is 5.73 Å². The van der Waals surface area contributed by atoms with E-state index in [1.807, 2.05) is 0 Å². The van der Waals surface area contributed by atoms with Gasteiger partial charge in [-0.1, -0.05) is 42.8 Å². The highest BCUT2D eigenvalue weighted by atomic mass is 15.2. The Kier molecular flexibility index (Phi) is 4.27. The molecule has 1 aliphatic rings. The molecule has 0 spiro atoms. The second-order valence-electron chi connectivity index (χ2n) is 6.54. The standard InChI is InChI=1S/C19H26N2/c1-14-6-5-7-15(2)21(14)13-19(20)18-11-10-16-8-3-4-9-17(16)12-18/h3-4,8-12,14-15,19H,5-7,13,20H2,1-2H3/t14-,15+,19?. The molecular formula is C19H26N2. The Hall–Kier alpha value is -1.38. The number of hydrogen-bond donors (Lipinski definition) is 1. The second-order valence-corrected chi connectivity index (χ2v) is 6.54. The molecule has 1 fully saturated rings. The second kappa shape index (κ2) is 6.17. The molecule has 1 unspecified atom stereocenters. The van der Waals surface area contributed by atoms with Gasteiger partial charge in [0.25, 0.3) is 0 Å². The summed E-state index contributed by atoms with van der Waals surface area (Å²) in [6, 6.07) is 16.5. The summed E-state index contributed by atoms with van der Waals surface area (Å²) in [5, 5.41) is 2.57. The van der Waals surface area contributed by atoms with Crippen LogP contribution in [0.4, 0.5) is 0 Å². The minimum atomic E-state index is 0.0950. The molecular weight excluding hydrogens is 256 g/mol. The molecule has 1 saturated heterocycles. The first kappa shape index (κ1) is 14.6. The Morgan fingerprint density at radius 1 is 1.05 bits per heavy atom. The molecule has 0 bridgehead atoms. The molecule has 0 radical (unpaired) electrons. The van der Waals surface area contributed by atoms with Crippen molar-refractivity contribution in [1.82, 2.24) is 4.90 Å². The third-order valence-electron chi connectivity index (χ3n) is 4.99. The number of fused-ring (bicyclic) bond motifs is 1. The molecule has 2 aromatic rings. The predicted molar refractivity (Wildman–Crippen MR) is 90.4 cm³/mol. The van der Waals surface area contributed by atoms with Crippen LogP contribution in [0.1, 0.15) is 44.7 Å². The molecule has 0 aromatic heterocycles. The number of nitrogens with zero attached hydrogens (tertiary/aromatic N) is 1. The van der Waals surface area contributed by atoms with Crippen molar-refractivity contribution < 1.29 is 0 Å². The van der Waals surface area contributed by atoms with Crippen LogP contribution in [-0.2, 0) is 0 Å². The summed E-state index contributed by atoms with van der Waals surface area (Å²) in [4.78, 5) is 2.59. The van der Waals surface area contributed by atoms with Gasteiger partial charge in [-0.3, -0.25) is 4.90 Å². The minimum absolute atomic E-state index is 0.0950. The van der Waals surface area contributed by atoms with Crippen LogP contribution in [0.25, 0.3) is 10.8 Å². The van der Waals surface area contributed by atoms with Crippen LogP contribution < -0.4 is 5.73 Å². The highest BCUT2D eigenvalue weighted by Gasteiger charge is 2.26. The zero-order valence-corrected chi connectivity index (χ0v) is 13.1. The van der Waals surface area contributed by atoms with Gasteiger partial charge in [0.15, 0.2) is 0 Å². The molecule has 3 atom stereocenters. The molecule has 2 heteroatoms. The fraction of sp³-hybridized carbons (Fsp3) is 0.474. The Labute approximate surface area is 127 Å². The van der Waals surface area contributed by atoms with Crippen molar-refractivity contribution >= 4 is 10.8 Å². The smallest absolute Gasteiger partial charge is 0.0424 e. The van der Waals surface area contributed by atoms with E-state index < -0.39 is 0 Å². The lowest BCUT2D eigenvalue weighted by molar-refractivity contribution is 0.0961. The number of likely N-dealkylation sites (tertiary alicyclic amines) is 1. The molecule has 0 amide bonds. The topological polar surface area (TPSA) is 29.3 Å². The van der Waals surface area contributed by atoms with Gasteiger partial charge in [-0.05, 0) is 49.1 Å². The summed E-state index contributed by atoms with van der Waals surface area (Å²) in [6.45, 7) is 5.63. The zero-order chi connectivity index (χ0) is 14.8. The minimum Gasteiger partial charge on any atom is -0.323 e. The maximum atomic E-state index is 6.50. The van der Waals surface area contributed by atoms with Gasteiger partial charge in [-0.25, -0.2) is 0 Å². The van der Waals surface area contributed by atoms with Crippen molar-refractivity contribution in [3.63, 3.8) is 0 Å². The van der Waals surface area contributed by atoms with Crippen LogP contribution in [0.3, 0.4) is 0 Å². The third-order valence-corrected chi connectivity index (χ3v) is 4.99. The van der Waals surface area contributed by atoms with E-state index in [1.54, 1.807) is 0 Å². The van der Waals surface area contributed by atoms with Gasteiger partial charge >= 0.3 is 0 Å². The summed E-state index contributed by atoms with van der Waals surface area (Å²) >= 11 is 0. The Morgan fingerprint density at radius 2 is 1.71 bits per heavy atom. The van der Waals surface area contributed by atoms with Crippen molar-refractivity contribution in [3.8, 4) is 0 Å². The molecule has 0 aliphatic carbocycles. The molecule has 1 heterocycles. The predicted octanol–water partition coefficient (Wildman–Crippen LogP) is 4.10. The number of nitrogens with two attached hydrogens (primary N) is 1. The Bertz CT molecular complexity index is 597. The van der Waals surface area contributed by atoms with Crippen LogP contribution in [0, 0.1) is 0 Å². The van der Waals surface area contributed by atoms with Crippen LogP contribution in [0.2, 0.25) is 0 Å². The number of benzene rings is 2. The van der Waals surface area contributed by atoms with Crippen molar-refractivity contribution in [2.45, 2.75) is 51.2 Å². The third kappa shape index (κ3) is 3.12. The molecule has 2 N–H and O–H groups in total. The highest BCUT2D eigenvalue weighted by Crippen LogP contribution is 2.26. The Morgan fingerprint density at radius 3 is 2.43 bits per heavy atom. The highest BCUT2D eigenvalue weighted by molar-refractivity contribution is 5.83. The summed E-state index contributed by atoms with van der Waals surface area (Å²) in [6.07, 6.45) is 3.95. The van der Waals surface area contributed by atoms with Gasteiger partial charge in [-0.15, -0.1) is 0 Å². The van der Waals surface area contributed by atoms with E-state index in [-0.39, 0.29) is 6.04 Å². The van der Waals surface area contributed by atoms with E-state index >= 15 is 0 Å². The van der Waals surface area contributed by atoms with Crippen molar-refractivity contribution in [1.29, 1.82) is 0 Å². The first-order valence-electron chi connectivity index (χ1n) is 8.15. The maximum absolute atomic E-state index is 6.50. The molecule has 0 saturated carbocycles. The van der Waals surface area contributed by atoms with Crippen molar-refractivity contribution in [2.75, 3.05) is 6.54 Å². The van der Waals surface area contributed by atoms with E-state index in [1.165, 1.54) is 35.6 Å². The van der Waals surface area contributed by atoms with E-state index in [0.29, 0.717) is 12.1 Å². The van der Waals surface area contributed by atoms with E-state index in [9.17, 15) is 0 Å². The summed E-state index contributed by atoms with van der Waals surface area (Å²) in [7, 11) is 0. The largest absolute Gasteiger partial charge is 0.323 e. The van der Waals surface area contributed by atoms with Crippen molar-refractivity contribution in [3.05, 3.63) is 48.0 Å². The Balaban J connectivity index is 1.78. The first-order chi connectivity index (χ1) is 10.1. The van der Waals surface area contributed by atoms with E-state index in [4.69, 9.17) is 5.73 Å². The molecule has 3 rings (SSSR count). The SMILES string of the molecule is C[C@@H]1CCC[C@H](C)N1CC(N)c1ccc2ccccc2c1. The number of hydrogen-bond acceptors (Lipinski definition) is 2. The lowest BCUT2D eigenvalue weighted by Gasteiger charge is -2.40. The number of piperidine rings is 1. The van der Waals surface area contributed by atoms with Crippen LogP contribution >= 0.6 is 0 Å². The van der Waals surface area contributed by atoms with Gasteiger partial charge in [-0.2, -0.15) is 0 Å². The van der Waals surface area contributed by atoms with Gasteiger partial charge in [0, 0.05) is 24.7 Å². The quantitative estimate of drug-likeness (QED) is 0.918. The molecule has 2 aromatic carbocycles. The lowest BCUT2D eigenvalue weighted by Crippen LogP contribution is -2.46. The van der Waals surface area contributed by atoms with Gasteiger partial charge in [0.05, 0.1) is 0 Å². The molecule has 2 nitrogen and oxygen atoms in total. The fourth-order valence-corrected chi connectivity index (χ4v) is 3.61. The average Bonchev–Trinajstić information content (AvgIpc) is 2.50. The van der Waals surface area contributed by atoms with E-state index in [2.05, 4.69) is 61.2 Å². The average molecular weight is 282 g/mol. The van der Waals surface area contributed by atoms with Crippen LogP contribution in [-0.4, -0.2) is 23.5 Å². The monoisotopic (exact) mass is 282 g/mol. The van der Waals surface area contributed by atoms with Gasteiger partial charge in [0.2, 0.25) is 0 Å². The summed E-state index contributed by atoms with van der Waals surface area (Å²) in [5.74, 6) is 0. The fourth-order valence-electron chi connectivity index (χ4n) is 3.61. The molecule has 112 valence electrons. The van der Waals surface area contributed by atoms with E-state index in [0.717, 1.165) is 6.54 Å². The van der Waals surface area contributed by atoms with Crippen LogP contribution in [0.5, 0.6) is 0 Å². The zero-order valence-electron chi connectivity index (χ0n) is 13.1. The summed E-state index contributed by atoms with van der Waals surface area (Å²) < 4.78 is 0.